The van der Waals surface area contributed by atoms with Crippen molar-refractivity contribution in [3.8, 4) is 0 Å². The zero-order chi connectivity index (χ0) is 15.3. The largest absolute Gasteiger partial charge is 0.399 e. The summed E-state index contributed by atoms with van der Waals surface area (Å²) < 4.78 is 26.8. The van der Waals surface area contributed by atoms with Gasteiger partial charge in [0, 0.05) is 18.8 Å². The highest BCUT2D eigenvalue weighted by atomic mass is 32.2. The lowest BCUT2D eigenvalue weighted by Crippen LogP contribution is -2.35. The number of sulfonamides is 1. The Labute approximate surface area is 128 Å². The maximum atomic E-state index is 12.6. The van der Waals surface area contributed by atoms with Gasteiger partial charge in [0.2, 0.25) is 10.0 Å². The van der Waals surface area contributed by atoms with Gasteiger partial charge in [-0.25, -0.2) is 8.42 Å². The van der Waals surface area contributed by atoms with Crippen molar-refractivity contribution in [1.29, 1.82) is 0 Å². The van der Waals surface area contributed by atoms with Crippen LogP contribution in [0.15, 0.2) is 24.3 Å². The highest BCUT2D eigenvalue weighted by Gasteiger charge is 2.26. The van der Waals surface area contributed by atoms with Gasteiger partial charge in [0.25, 0.3) is 0 Å². The Morgan fingerprint density at radius 1 is 1.24 bits per heavy atom. The lowest BCUT2D eigenvalue weighted by atomic mass is 9.91. The van der Waals surface area contributed by atoms with Crippen LogP contribution < -0.4 is 5.73 Å². The van der Waals surface area contributed by atoms with Crippen LogP contribution in [0.25, 0.3) is 0 Å². The fraction of sp³-hybridized carbons (Fsp3) is 0.625. The van der Waals surface area contributed by atoms with E-state index in [0.717, 1.165) is 18.4 Å². The van der Waals surface area contributed by atoms with E-state index in [-0.39, 0.29) is 0 Å². The third kappa shape index (κ3) is 4.71. The highest BCUT2D eigenvalue weighted by molar-refractivity contribution is 7.89. The van der Waals surface area contributed by atoms with E-state index in [1.54, 1.807) is 4.31 Å². The molecule has 0 amide bonds. The number of nitrogens with two attached hydrogens (primary N) is 1. The van der Waals surface area contributed by atoms with Gasteiger partial charge in [-0.2, -0.15) is 4.31 Å². The van der Waals surface area contributed by atoms with Gasteiger partial charge >= 0.3 is 0 Å². The molecule has 4 nitrogen and oxygen atoms in total. The van der Waals surface area contributed by atoms with Crippen LogP contribution in [0.2, 0.25) is 0 Å². The average Bonchev–Trinajstić information content (AvgIpc) is 2.45. The van der Waals surface area contributed by atoms with Gasteiger partial charge < -0.3 is 5.73 Å². The summed E-state index contributed by atoms with van der Waals surface area (Å²) in [5, 5.41) is 0. The first-order valence-electron chi connectivity index (χ1n) is 7.83. The van der Waals surface area contributed by atoms with Gasteiger partial charge in [-0.1, -0.05) is 38.3 Å². The summed E-state index contributed by atoms with van der Waals surface area (Å²) in [5.74, 6) is 0.627. The molecule has 1 aromatic rings. The van der Waals surface area contributed by atoms with E-state index in [1.165, 1.54) is 19.3 Å². The monoisotopic (exact) mass is 310 g/mol. The van der Waals surface area contributed by atoms with Crippen LogP contribution in [-0.2, 0) is 16.6 Å². The van der Waals surface area contributed by atoms with E-state index in [2.05, 4.69) is 0 Å². The fourth-order valence-electron chi connectivity index (χ4n) is 3.06. The molecule has 0 radical (unpaired) electrons. The fourth-order valence-corrected chi connectivity index (χ4v) is 4.94. The number of rotatable bonds is 6. The zero-order valence-corrected chi connectivity index (χ0v) is 13.6. The minimum absolute atomic E-state index is 0.295. The lowest BCUT2D eigenvalue weighted by molar-refractivity contribution is 0.367. The maximum absolute atomic E-state index is 12.6. The zero-order valence-electron chi connectivity index (χ0n) is 12.8. The van der Waals surface area contributed by atoms with Gasteiger partial charge in [0.1, 0.15) is 0 Å². The molecule has 1 aromatic carbocycles. The average molecular weight is 310 g/mol. The molecule has 1 aliphatic rings. The summed E-state index contributed by atoms with van der Waals surface area (Å²) in [7, 11) is -3.19. The quantitative estimate of drug-likeness (QED) is 0.822. The standard InChI is InChI=1S/C16H26N2O2S/c1-2-18(12-15-9-6-10-16(17)11-15)21(19,20)13-14-7-4-3-5-8-14/h6,9-11,14H,2-5,7-8,12-13,17H2,1H3. The van der Waals surface area contributed by atoms with E-state index in [0.29, 0.717) is 30.4 Å². The molecule has 0 aromatic heterocycles. The molecule has 0 saturated heterocycles. The van der Waals surface area contributed by atoms with E-state index >= 15 is 0 Å². The SMILES string of the molecule is CCN(Cc1cccc(N)c1)S(=O)(=O)CC1CCCCC1. The van der Waals surface area contributed by atoms with Crippen molar-refractivity contribution in [2.75, 3.05) is 18.0 Å². The van der Waals surface area contributed by atoms with Crippen molar-refractivity contribution in [1.82, 2.24) is 4.31 Å². The molecule has 0 aliphatic heterocycles. The molecule has 1 saturated carbocycles. The van der Waals surface area contributed by atoms with Crippen LogP contribution in [0, 0.1) is 5.92 Å². The predicted molar refractivity (Wildman–Crippen MR) is 87.3 cm³/mol. The summed E-state index contributed by atoms with van der Waals surface area (Å²) in [5.41, 5.74) is 7.39. The number of nitrogens with zero attached hydrogens (tertiary/aromatic N) is 1. The normalized spacial score (nSPS) is 17.2. The first-order valence-corrected chi connectivity index (χ1v) is 9.44. The number of benzene rings is 1. The van der Waals surface area contributed by atoms with Gasteiger partial charge in [0.05, 0.1) is 5.75 Å². The Bertz CT molecular complexity index is 551. The Balaban J connectivity index is 2.04. The summed E-state index contributed by atoms with van der Waals surface area (Å²) in [6, 6.07) is 7.45. The Morgan fingerprint density at radius 2 is 1.95 bits per heavy atom. The summed E-state index contributed by atoms with van der Waals surface area (Å²) in [4.78, 5) is 0. The first-order chi connectivity index (χ1) is 10.0. The minimum atomic E-state index is -3.19. The molecule has 118 valence electrons. The van der Waals surface area contributed by atoms with Crippen LogP contribution in [0.5, 0.6) is 0 Å². The van der Waals surface area contributed by atoms with Crippen LogP contribution in [0.3, 0.4) is 0 Å². The van der Waals surface area contributed by atoms with Crippen molar-refractivity contribution >= 4 is 15.7 Å². The predicted octanol–water partition coefficient (Wildman–Crippen LogP) is 3.00. The molecule has 2 N–H and O–H groups in total. The van der Waals surface area contributed by atoms with Crippen molar-refractivity contribution in [2.45, 2.75) is 45.6 Å². The Kier molecular flexibility index (Phi) is 5.65. The van der Waals surface area contributed by atoms with E-state index in [9.17, 15) is 8.42 Å². The third-order valence-corrected chi connectivity index (χ3v) is 6.29. The first kappa shape index (κ1) is 16.3. The minimum Gasteiger partial charge on any atom is -0.399 e. The number of nitrogen functional groups attached to an aromatic ring is 1. The van der Waals surface area contributed by atoms with E-state index in [1.807, 2.05) is 31.2 Å². The molecule has 0 bridgehead atoms. The number of hydrogen-bond donors (Lipinski definition) is 1. The van der Waals surface area contributed by atoms with Crippen molar-refractivity contribution in [3.05, 3.63) is 29.8 Å². The molecule has 0 unspecified atom stereocenters. The molecular formula is C16H26N2O2S. The summed E-state index contributed by atoms with van der Waals surface area (Å²) in [6.07, 6.45) is 5.69. The smallest absolute Gasteiger partial charge is 0.214 e. The molecule has 21 heavy (non-hydrogen) atoms. The second-order valence-electron chi connectivity index (χ2n) is 5.95. The number of anilines is 1. The highest BCUT2D eigenvalue weighted by Crippen LogP contribution is 2.26. The van der Waals surface area contributed by atoms with Crippen molar-refractivity contribution in [2.24, 2.45) is 5.92 Å². The molecule has 5 heteroatoms. The molecule has 0 spiro atoms. The maximum Gasteiger partial charge on any atom is 0.214 e. The molecule has 2 rings (SSSR count). The molecule has 0 heterocycles. The summed E-state index contributed by atoms with van der Waals surface area (Å²) in [6.45, 7) is 2.81. The second kappa shape index (κ2) is 7.27. The Hall–Kier alpha value is -1.07. The van der Waals surface area contributed by atoms with Crippen molar-refractivity contribution < 1.29 is 8.42 Å². The van der Waals surface area contributed by atoms with Crippen LogP contribution in [-0.4, -0.2) is 25.0 Å². The molecule has 1 aliphatic carbocycles. The summed E-state index contributed by atoms with van der Waals surface area (Å²) >= 11 is 0. The van der Waals surface area contributed by atoms with Gasteiger partial charge in [-0.3, -0.25) is 0 Å². The second-order valence-corrected chi connectivity index (χ2v) is 7.97. The van der Waals surface area contributed by atoms with Crippen LogP contribution in [0.4, 0.5) is 5.69 Å². The van der Waals surface area contributed by atoms with Gasteiger partial charge in [-0.15, -0.1) is 0 Å². The molecule has 1 fully saturated rings. The molecule has 0 atom stereocenters. The lowest BCUT2D eigenvalue weighted by Gasteiger charge is -2.26. The topological polar surface area (TPSA) is 63.4 Å². The third-order valence-electron chi connectivity index (χ3n) is 4.23. The van der Waals surface area contributed by atoms with Gasteiger partial charge in [-0.05, 0) is 36.5 Å². The number of hydrogen-bond acceptors (Lipinski definition) is 3. The molecular weight excluding hydrogens is 284 g/mol. The van der Waals surface area contributed by atoms with E-state index < -0.39 is 10.0 Å². The van der Waals surface area contributed by atoms with Crippen LogP contribution >= 0.6 is 0 Å². The van der Waals surface area contributed by atoms with Gasteiger partial charge in [0.15, 0.2) is 0 Å². The van der Waals surface area contributed by atoms with Crippen LogP contribution in [0.1, 0.15) is 44.6 Å². The Morgan fingerprint density at radius 3 is 2.57 bits per heavy atom. The van der Waals surface area contributed by atoms with Crippen molar-refractivity contribution in [3.63, 3.8) is 0 Å². The van der Waals surface area contributed by atoms with E-state index in [4.69, 9.17) is 5.73 Å².